The van der Waals surface area contributed by atoms with Crippen molar-refractivity contribution in [1.29, 1.82) is 0 Å². The lowest BCUT2D eigenvalue weighted by atomic mass is 10.1. The molecular formula is C21H23N3O4. The molecule has 0 bridgehead atoms. The number of amides is 4. The summed E-state index contributed by atoms with van der Waals surface area (Å²) in [5.41, 5.74) is 1.66. The van der Waals surface area contributed by atoms with Crippen molar-refractivity contribution in [3.05, 3.63) is 60.2 Å². The normalized spacial score (nSPS) is 16.0. The summed E-state index contributed by atoms with van der Waals surface area (Å²) < 4.78 is 5.35. The summed E-state index contributed by atoms with van der Waals surface area (Å²) in [5, 5.41) is 5.34. The van der Waals surface area contributed by atoms with E-state index in [9.17, 15) is 14.4 Å². The molecule has 2 N–H and O–H groups in total. The van der Waals surface area contributed by atoms with E-state index in [0.717, 1.165) is 10.5 Å². The molecule has 1 fully saturated rings. The van der Waals surface area contributed by atoms with Gasteiger partial charge in [-0.2, -0.15) is 0 Å². The fourth-order valence-electron chi connectivity index (χ4n) is 3.02. The molecule has 28 heavy (non-hydrogen) atoms. The van der Waals surface area contributed by atoms with Crippen molar-refractivity contribution in [1.82, 2.24) is 10.2 Å². The number of ether oxygens (including phenoxy) is 1. The highest BCUT2D eigenvalue weighted by Crippen LogP contribution is 2.16. The lowest BCUT2D eigenvalue weighted by molar-refractivity contribution is -0.130. The Hall–Kier alpha value is -3.35. The molecule has 2 aromatic carbocycles. The average molecular weight is 381 g/mol. The van der Waals surface area contributed by atoms with Crippen molar-refractivity contribution < 1.29 is 19.1 Å². The van der Waals surface area contributed by atoms with E-state index in [2.05, 4.69) is 10.6 Å². The standard InChI is InChI=1S/C21H23N3O4/c1-2-28-17-11-9-16(10-12-17)22-19(25)14-24-20(26)18(23-21(24)27)13-8-15-6-4-3-5-7-15/h3-7,9-12,18H,2,8,13-14H2,1H3,(H,22,25)(H,23,27). The number of hydrogen-bond donors (Lipinski definition) is 2. The van der Waals surface area contributed by atoms with Crippen LogP contribution >= 0.6 is 0 Å². The van der Waals surface area contributed by atoms with Gasteiger partial charge in [-0.3, -0.25) is 14.5 Å². The number of benzene rings is 2. The molecule has 1 atom stereocenters. The van der Waals surface area contributed by atoms with Gasteiger partial charge >= 0.3 is 6.03 Å². The summed E-state index contributed by atoms with van der Waals surface area (Å²) in [4.78, 5) is 37.8. The average Bonchev–Trinajstić information content (AvgIpc) is 2.96. The maximum atomic E-state index is 12.5. The molecule has 7 heteroatoms. The predicted molar refractivity (Wildman–Crippen MR) is 105 cm³/mol. The van der Waals surface area contributed by atoms with Crippen LogP contribution in [0.5, 0.6) is 5.75 Å². The third kappa shape index (κ3) is 4.88. The molecule has 0 saturated carbocycles. The number of carbonyl (C=O) groups excluding carboxylic acids is 3. The van der Waals surface area contributed by atoms with Gasteiger partial charge in [-0.1, -0.05) is 30.3 Å². The topological polar surface area (TPSA) is 87.7 Å². The number of hydrogen-bond acceptors (Lipinski definition) is 4. The third-order valence-corrected chi connectivity index (χ3v) is 4.42. The Morgan fingerprint density at radius 1 is 1.11 bits per heavy atom. The number of anilines is 1. The van der Waals surface area contributed by atoms with Crippen LogP contribution in [0.15, 0.2) is 54.6 Å². The fraction of sp³-hybridized carbons (Fsp3) is 0.286. The SMILES string of the molecule is CCOc1ccc(NC(=O)CN2C(=O)NC(CCc3ccccc3)C2=O)cc1. The van der Waals surface area contributed by atoms with E-state index in [1.54, 1.807) is 24.3 Å². The molecule has 1 unspecified atom stereocenters. The molecule has 0 spiro atoms. The first kappa shape index (κ1) is 19.4. The van der Waals surface area contributed by atoms with Crippen molar-refractivity contribution in [2.75, 3.05) is 18.5 Å². The summed E-state index contributed by atoms with van der Waals surface area (Å²) in [5.74, 6) is -0.102. The first-order valence-electron chi connectivity index (χ1n) is 9.25. The quantitative estimate of drug-likeness (QED) is 0.688. The highest BCUT2D eigenvalue weighted by Gasteiger charge is 2.38. The molecule has 1 aliphatic heterocycles. The number of rotatable bonds is 8. The van der Waals surface area contributed by atoms with E-state index in [1.807, 2.05) is 37.3 Å². The van der Waals surface area contributed by atoms with E-state index in [0.29, 0.717) is 30.9 Å². The zero-order valence-corrected chi connectivity index (χ0v) is 15.7. The van der Waals surface area contributed by atoms with E-state index in [4.69, 9.17) is 4.74 Å². The summed E-state index contributed by atoms with van der Waals surface area (Å²) in [6, 6.07) is 15.5. The van der Waals surface area contributed by atoms with Gasteiger partial charge in [-0.05, 0) is 49.6 Å². The Morgan fingerprint density at radius 3 is 2.50 bits per heavy atom. The van der Waals surface area contributed by atoms with Crippen LogP contribution in [0.25, 0.3) is 0 Å². The second kappa shape index (κ2) is 9.03. The molecule has 3 rings (SSSR count). The lowest BCUT2D eigenvalue weighted by Gasteiger charge is -2.13. The van der Waals surface area contributed by atoms with Crippen LogP contribution in [-0.4, -0.2) is 41.9 Å². The minimum atomic E-state index is -0.606. The molecule has 146 valence electrons. The summed E-state index contributed by atoms with van der Waals surface area (Å²) >= 11 is 0. The van der Waals surface area contributed by atoms with Crippen molar-refractivity contribution in [2.24, 2.45) is 0 Å². The summed E-state index contributed by atoms with van der Waals surface area (Å²) in [6.45, 7) is 2.13. The van der Waals surface area contributed by atoms with Crippen LogP contribution < -0.4 is 15.4 Å². The van der Waals surface area contributed by atoms with Crippen LogP contribution in [0.2, 0.25) is 0 Å². The Kier molecular flexibility index (Phi) is 6.26. The van der Waals surface area contributed by atoms with Gasteiger partial charge < -0.3 is 15.4 Å². The maximum absolute atomic E-state index is 12.5. The highest BCUT2D eigenvalue weighted by atomic mass is 16.5. The fourth-order valence-corrected chi connectivity index (χ4v) is 3.02. The van der Waals surface area contributed by atoms with Crippen LogP contribution in [0, 0.1) is 0 Å². The van der Waals surface area contributed by atoms with Crippen LogP contribution in [-0.2, 0) is 16.0 Å². The van der Waals surface area contributed by atoms with Gasteiger partial charge in [0.15, 0.2) is 0 Å². The third-order valence-electron chi connectivity index (χ3n) is 4.42. The first-order chi connectivity index (χ1) is 13.6. The van der Waals surface area contributed by atoms with Crippen molar-refractivity contribution in [3.8, 4) is 5.75 Å². The molecular weight excluding hydrogens is 358 g/mol. The maximum Gasteiger partial charge on any atom is 0.325 e. The monoisotopic (exact) mass is 381 g/mol. The molecule has 1 saturated heterocycles. The Bertz CT molecular complexity index is 836. The van der Waals surface area contributed by atoms with Gasteiger partial charge in [0.1, 0.15) is 18.3 Å². The van der Waals surface area contributed by atoms with E-state index in [1.165, 1.54) is 0 Å². The second-order valence-corrected chi connectivity index (χ2v) is 6.46. The van der Waals surface area contributed by atoms with E-state index < -0.39 is 18.0 Å². The van der Waals surface area contributed by atoms with Crippen molar-refractivity contribution in [3.63, 3.8) is 0 Å². The molecule has 0 radical (unpaired) electrons. The minimum Gasteiger partial charge on any atom is -0.494 e. The Labute approximate surface area is 163 Å². The Balaban J connectivity index is 1.52. The van der Waals surface area contributed by atoms with E-state index >= 15 is 0 Å². The number of urea groups is 1. The smallest absolute Gasteiger partial charge is 0.325 e. The van der Waals surface area contributed by atoms with Crippen molar-refractivity contribution in [2.45, 2.75) is 25.8 Å². The van der Waals surface area contributed by atoms with Gasteiger partial charge in [0.05, 0.1) is 6.61 Å². The highest BCUT2D eigenvalue weighted by molar-refractivity contribution is 6.07. The second-order valence-electron chi connectivity index (χ2n) is 6.46. The van der Waals surface area contributed by atoms with Crippen molar-refractivity contribution >= 4 is 23.5 Å². The lowest BCUT2D eigenvalue weighted by Crippen LogP contribution is -2.38. The number of nitrogens with zero attached hydrogens (tertiary/aromatic N) is 1. The number of carbonyl (C=O) groups is 3. The molecule has 0 aliphatic carbocycles. The summed E-state index contributed by atoms with van der Waals surface area (Å²) in [7, 11) is 0. The van der Waals surface area contributed by atoms with Gasteiger partial charge in [0.25, 0.3) is 5.91 Å². The van der Waals surface area contributed by atoms with Gasteiger partial charge in [0.2, 0.25) is 5.91 Å². The first-order valence-corrected chi connectivity index (χ1v) is 9.25. The van der Waals surface area contributed by atoms with Gasteiger partial charge in [-0.25, -0.2) is 4.79 Å². The zero-order chi connectivity index (χ0) is 19.9. The van der Waals surface area contributed by atoms with Crippen LogP contribution in [0.1, 0.15) is 18.9 Å². The number of aryl methyl sites for hydroxylation is 1. The molecule has 1 heterocycles. The molecule has 7 nitrogen and oxygen atoms in total. The zero-order valence-electron chi connectivity index (χ0n) is 15.7. The summed E-state index contributed by atoms with van der Waals surface area (Å²) in [6.07, 6.45) is 1.16. The molecule has 0 aromatic heterocycles. The van der Waals surface area contributed by atoms with Gasteiger partial charge in [0, 0.05) is 5.69 Å². The van der Waals surface area contributed by atoms with Crippen LogP contribution in [0.4, 0.5) is 10.5 Å². The number of nitrogens with one attached hydrogen (secondary N) is 2. The van der Waals surface area contributed by atoms with Crippen LogP contribution in [0.3, 0.4) is 0 Å². The largest absolute Gasteiger partial charge is 0.494 e. The Morgan fingerprint density at radius 2 is 1.82 bits per heavy atom. The minimum absolute atomic E-state index is 0.320. The predicted octanol–water partition coefficient (Wildman–Crippen LogP) is 2.58. The van der Waals surface area contributed by atoms with E-state index in [-0.39, 0.29) is 12.5 Å². The number of imide groups is 1. The molecule has 4 amide bonds. The van der Waals surface area contributed by atoms with Gasteiger partial charge in [-0.15, -0.1) is 0 Å². The molecule has 1 aliphatic rings. The molecule has 2 aromatic rings.